The number of hydrogen-bond donors (Lipinski definition) is 0. The standard InChI is InChI=1S/C11H11NO5S/c13-10-8-4-1-2-5-9(8)11(14)12(10)6-3-7-17-18(15)16/h1-2,4-5H,3,6-7H2,(H,15,16)/p-1. The molecule has 0 fully saturated rings. The summed E-state index contributed by atoms with van der Waals surface area (Å²) in [5, 5.41) is 0. The molecule has 2 amide bonds. The van der Waals surface area contributed by atoms with Crippen LogP contribution in [0.3, 0.4) is 0 Å². The Morgan fingerprint density at radius 1 is 1.17 bits per heavy atom. The molecule has 0 saturated carbocycles. The van der Waals surface area contributed by atoms with E-state index in [-0.39, 0.29) is 31.4 Å². The molecule has 96 valence electrons. The third kappa shape index (κ3) is 2.47. The number of imide groups is 1. The number of carbonyl (C=O) groups excluding carboxylic acids is 2. The molecule has 1 aromatic rings. The lowest BCUT2D eigenvalue weighted by Gasteiger charge is -2.13. The quantitative estimate of drug-likeness (QED) is 0.440. The number of hydrogen-bond acceptors (Lipinski definition) is 5. The first-order valence-electron chi connectivity index (χ1n) is 5.29. The molecule has 2 rings (SSSR count). The molecule has 1 aromatic carbocycles. The van der Waals surface area contributed by atoms with E-state index in [9.17, 15) is 18.4 Å². The lowest BCUT2D eigenvalue weighted by molar-refractivity contribution is 0.0647. The number of fused-ring (bicyclic) bond motifs is 1. The molecule has 7 heteroatoms. The molecule has 0 bridgehead atoms. The van der Waals surface area contributed by atoms with E-state index in [4.69, 9.17) is 0 Å². The Bertz CT molecular complexity index is 481. The third-order valence-electron chi connectivity index (χ3n) is 2.58. The van der Waals surface area contributed by atoms with Crippen molar-refractivity contribution in [2.45, 2.75) is 6.42 Å². The molecule has 1 unspecified atom stereocenters. The molecule has 1 aliphatic rings. The van der Waals surface area contributed by atoms with E-state index in [1.165, 1.54) is 0 Å². The van der Waals surface area contributed by atoms with E-state index >= 15 is 0 Å². The summed E-state index contributed by atoms with van der Waals surface area (Å²) in [7, 11) is 0. The first-order valence-corrected chi connectivity index (χ1v) is 6.29. The van der Waals surface area contributed by atoms with Crippen molar-refractivity contribution in [3.8, 4) is 0 Å². The molecule has 0 spiro atoms. The Balaban J connectivity index is 1.99. The highest BCUT2D eigenvalue weighted by atomic mass is 32.2. The SMILES string of the molecule is O=C1c2ccccc2C(=O)N1CCCOS(=O)[O-]. The summed E-state index contributed by atoms with van der Waals surface area (Å²) < 4.78 is 24.6. The molecular formula is C11H10NO5S-. The highest BCUT2D eigenvalue weighted by Gasteiger charge is 2.34. The Kier molecular flexibility index (Phi) is 3.85. The topological polar surface area (TPSA) is 86.7 Å². The maximum absolute atomic E-state index is 11.9. The van der Waals surface area contributed by atoms with Gasteiger partial charge in [0.2, 0.25) is 0 Å². The van der Waals surface area contributed by atoms with E-state index in [1.54, 1.807) is 24.3 Å². The summed E-state index contributed by atoms with van der Waals surface area (Å²) in [6, 6.07) is 6.58. The van der Waals surface area contributed by atoms with Crippen LogP contribution in [0.15, 0.2) is 24.3 Å². The van der Waals surface area contributed by atoms with Crippen LogP contribution in [0, 0.1) is 0 Å². The van der Waals surface area contributed by atoms with Gasteiger partial charge in [0.05, 0.1) is 29.1 Å². The molecule has 0 aliphatic carbocycles. The van der Waals surface area contributed by atoms with Crippen LogP contribution in [-0.4, -0.2) is 38.6 Å². The Hall–Kier alpha value is -1.57. The van der Waals surface area contributed by atoms with E-state index < -0.39 is 11.4 Å². The molecular weight excluding hydrogens is 258 g/mol. The summed E-state index contributed by atoms with van der Waals surface area (Å²) >= 11 is -2.56. The molecule has 0 saturated heterocycles. The van der Waals surface area contributed by atoms with E-state index in [0.717, 1.165) is 4.90 Å². The average molecular weight is 268 g/mol. The monoisotopic (exact) mass is 268 g/mol. The molecule has 1 heterocycles. The van der Waals surface area contributed by atoms with Crippen molar-refractivity contribution in [3.05, 3.63) is 35.4 Å². The predicted molar refractivity (Wildman–Crippen MR) is 61.3 cm³/mol. The second-order valence-electron chi connectivity index (χ2n) is 3.69. The van der Waals surface area contributed by atoms with Gasteiger partial charge in [-0.2, -0.15) is 0 Å². The van der Waals surface area contributed by atoms with E-state index in [2.05, 4.69) is 4.18 Å². The fourth-order valence-corrected chi connectivity index (χ4v) is 2.05. The van der Waals surface area contributed by atoms with Crippen LogP contribution in [0.2, 0.25) is 0 Å². The summed E-state index contributed by atoms with van der Waals surface area (Å²) in [5.74, 6) is -0.697. The minimum absolute atomic E-state index is 0.0521. The van der Waals surface area contributed by atoms with Gasteiger partial charge < -0.3 is 8.74 Å². The van der Waals surface area contributed by atoms with Gasteiger partial charge in [-0.05, 0) is 18.6 Å². The molecule has 0 radical (unpaired) electrons. The van der Waals surface area contributed by atoms with Crippen molar-refractivity contribution in [2.24, 2.45) is 0 Å². The summed E-state index contributed by atoms with van der Waals surface area (Å²) in [5.41, 5.74) is 0.770. The second kappa shape index (κ2) is 5.38. The normalized spacial score (nSPS) is 15.9. The molecule has 18 heavy (non-hydrogen) atoms. The molecule has 0 aromatic heterocycles. The minimum Gasteiger partial charge on any atom is -0.750 e. The number of carbonyl (C=O) groups is 2. The van der Waals surface area contributed by atoms with Crippen molar-refractivity contribution < 1.29 is 22.5 Å². The number of amides is 2. The zero-order chi connectivity index (χ0) is 13.1. The Morgan fingerprint density at radius 2 is 1.72 bits per heavy atom. The third-order valence-corrected chi connectivity index (χ3v) is 2.94. The van der Waals surface area contributed by atoms with Crippen LogP contribution in [-0.2, 0) is 15.5 Å². The van der Waals surface area contributed by atoms with Crippen LogP contribution in [0.4, 0.5) is 0 Å². The number of benzene rings is 1. The lowest BCUT2D eigenvalue weighted by atomic mass is 10.1. The Labute approximate surface area is 106 Å². The summed E-state index contributed by atoms with van der Waals surface area (Å²) in [6.07, 6.45) is 0.277. The van der Waals surface area contributed by atoms with Crippen LogP contribution >= 0.6 is 0 Å². The maximum atomic E-state index is 11.9. The fraction of sp³-hybridized carbons (Fsp3) is 0.273. The number of rotatable bonds is 5. The van der Waals surface area contributed by atoms with Crippen LogP contribution in [0.5, 0.6) is 0 Å². The summed E-state index contributed by atoms with van der Waals surface area (Å²) in [4.78, 5) is 24.9. The van der Waals surface area contributed by atoms with Crippen molar-refractivity contribution in [1.82, 2.24) is 4.90 Å². The first kappa shape index (κ1) is 12.9. The van der Waals surface area contributed by atoms with Crippen LogP contribution in [0.1, 0.15) is 27.1 Å². The second-order valence-corrected chi connectivity index (χ2v) is 4.33. The van der Waals surface area contributed by atoms with Crippen LogP contribution < -0.4 is 0 Å². The zero-order valence-electron chi connectivity index (χ0n) is 9.33. The minimum atomic E-state index is -2.56. The zero-order valence-corrected chi connectivity index (χ0v) is 10.1. The van der Waals surface area contributed by atoms with Crippen molar-refractivity contribution in [1.29, 1.82) is 0 Å². The smallest absolute Gasteiger partial charge is 0.261 e. The van der Waals surface area contributed by atoms with Gasteiger partial charge in [-0.15, -0.1) is 0 Å². The first-order chi connectivity index (χ1) is 8.61. The molecule has 1 aliphatic heterocycles. The summed E-state index contributed by atoms with van der Waals surface area (Å²) in [6.45, 7) is 0.0903. The van der Waals surface area contributed by atoms with Gasteiger partial charge in [-0.3, -0.25) is 14.5 Å². The predicted octanol–water partition coefficient (Wildman–Crippen LogP) is 0.483. The van der Waals surface area contributed by atoms with Crippen molar-refractivity contribution in [3.63, 3.8) is 0 Å². The highest BCUT2D eigenvalue weighted by molar-refractivity contribution is 7.74. The highest BCUT2D eigenvalue weighted by Crippen LogP contribution is 2.22. The molecule has 1 atom stereocenters. The van der Waals surface area contributed by atoms with Gasteiger partial charge >= 0.3 is 0 Å². The van der Waals surface area contributed by atoms with E-state index in [0.29, 0.717) is 11.1 Å². The average Bonchev–Trinajstić information content (AvgIpc) is 2.59. The van der Waals surface area contributed by atoms with Gasteiger partial charge in [-0.25, -0.2) is 4.21 Å². The number of nitrogens with zero attached hydrogens (tertiary/aromatic N) is 1. The van der Waals surface area contributed by atoms with Gasteiger partial charge in [0.25, 0.3) is 11.8 Å². The Morgan fingerprint density at radius 3 is 2.22 bits per heavy atom. The van der Waals surface area contributed by atoms with Crippen molar-refractivity contribution >= 4 is 23.2 Å². The maximum Gasteiger partial charge on any atom is 0.261 e. The van der Waals surface area contributed by atoms with E-state index in [1.807, 2.05) is 0 Å². The molecule has 0 N–H and O–H groups in total. The van der Waals surface area contributed by atoms with Gasteiger partial charge in [0.1, 0.15) is 0 Å². The van der Waals surface area contributed by atoms with Gasteiger partial charge in [0, 0.05) is 6.54 Å². The van der Waals surface area contributed by atoms with Crippen molar-refractivity contribution in [2.75, 3.05) is 13.2 Å². The van der Waals surface area contributed by atoms with Gasteiger partial charge in [0.15, 0.2) is 0 Å². The largest absolute Gasteiger partial charge is 0.750 e. The fourth-order valence-electron chi connectivity index (χ4n) is 1.79. The van der Waals surface area contributed by atoms with Gasteiger partial charge in [-0.1, -0.05) is 12.1 Å². The molecule has 6 nitrogen and oxygen atoms in total. The lowest BCUT2D eigenvalue weighted by Crippen LogP contribution is -2.31. The van der Waals surface area contributed by atoms with Crippen LogP contribution in [0.25, 0.3) is 0 Å².